The molecule has 2 rings (SSSR count). The summed E-state index contributed by atoms with van der Waals surface area (Å²) in [5.74, 6) is 0. The van der Waals surface area contributed by atoms with Crippen LogP contribution in [0, 0.1) is 6.92 Å². The minimum Gasteiger partial charge on any atom is -0.308 e. The van der Waals surface area contributed by atoms with Crippen molar-refractivity contribution in [2.24, 2.45) is 0 Å². The van der Waals surface area contributed by atoms with Crippen molar-refractivity contribution < 1.29 is 0 Å². The predicted molar refractivity (Wildman–Crippen MR) is 63.5 cm³/mol. The molecule has 0 bridgehead atoms. The van der Waals surface area contributed by atoms with E-state index < -0.39 is 0 Å². The Morgan fingerprint density at radius 2 is 2.21 bits per heavy atom. The Balaban J connectivity index is 2.44. The first-order valence-electron chi connectivity index (χ1n) is 5.13. The molecule has 1 heterocycles. The van der Waals surface area contributed by atoms with Crippen molar-refractivity contribution in [2.75, 3.05) is 6.54 Å². The summed E-state index contributed by atoms with van der Waals surface area (Å²) in [6, 6.07) is 6.57. The lowest BCUT2D eigenvalue weighted by atomic mass is 9.90. The van der Waals surface area contributed by atoms with Gasteiger partial charge in [0, 0.05) is 10.0 Å². The molecule has 1 nitrogen and oxygen atoms in total. The van der Waals surface area contributed by atoms with Crippen molar-refractivity contribution in [3.63, 3.8) is 0 Å². The standard InChI is InChI=1S/C12H16BrN/c1-9-4-5-11(13)10(8-9)12(2)6-3-7-14-12/h4-5,8,14H,3,6-7H2,1-2H3. The van der Waals surface area contributed by atoms with Crippen LogP contribution in [0.1, 0.15) is 30.9 Å². The maximum atomic E-state index is 3.64. The summed E-state index contributed by atoms with van der Waals surface area (Å²) in [6.07, 6.45) is 2.51. The van der Waals surface area contributed by atoms with Crippen LogP contribution in [0.3, 0.4) is 0 Å². The zero-order valence-corrected chi connectivity index (χ0v) is 10.3. The summed E-state index contributed by atoms with van der Waals surface area (Å²) >= 11 is 3.64. The number of halogens is 1. The third kappa shape index (κ3) is 1.73. The Bertz CT molecular complexity index is 340. The molecular formula is C12H16BrN. The van der Waals surface area contributed by atoms with Gasteiger partial charge in [-0.1, -0.05) is 33.6 Å². The zero-order valence-electron chi connectivity index (χ0n) is 8.73. The van der Waals surface area contributed by atoms with Gasteiger partial charge < -0.3 is 5.32 Å². The van der Waals surface area contributed by atoms with Gasteiger partial charge >= 0.3 is 0 Å². The van der Waals surface area contributed by atoms with Gasteiger partial charge in [-0.15, -0.1) is 0 Å². The highest BCUT2D eigenvalue weighted by molar-refractivity contribution is 9.10. The van der Waals surface area contributed by atoms with E-state index in [1.807, 2.05) is 0 Å². The van der Waals surface area contributed by atoms with Crippen molar-refractivity contribution in [1.82, 2.24) is 5.32 Å². The molecule has 1 saturated heterocycles. The Morgan fingerprint density at radius 3 is 2.86 bits per heavy atom. The highest BCUT2D eigenvalue weighted by Crippen LogP contribution is 2.35. The summed E-state index contributed by atoms with van der Waals surface area (Å²) < 4.78 is 1.22. The predicted octanol–water partition coefficient (Wildman–Crippen LogP) is 3.36. The molecule has 1 aliphatic rings. The maximum Gasteiger partial charge on any atom is 0.0417 e. The molecule has 76 valence electrons. The van der Waals surface area contributed by atoms with Crippen molar-refractivity contribution >= 4 is 15.9 Å². The molecular weight excluding hydrogens is 238 g/mol. The Morgan fingerprint density at radius 1 is 1.43 bits per heavy atom. The molecule has 1 atom stereocenters. The SMILES string of the molecule is Cc1ccc(Br)c(C2(C)CCCN2)c1. The summed E-state index contributed by atoms with van der Waals surface area (Å²) in [6.45, 7) is 5.57. The first-order valence-corrected chi connectivity index (χ1v) is 5.93. The second-order valence-electron chi connectivity index (χ2n) is 4.35. The van der Waals surface area contributed by atoms with Gasteiger partial charge in [-0.2, -0.15) is 0 Å². The Hall–Kier alpha value is -0.340. The van der Waals surface area contributed by atoms with Crippen molar-refractivity contribution in [2.45, 2.75) is 32.2 Å². The molecule has 0 aromatic heterocycles. The topological polar surface area (TPSA) is 12.0 Å². The smallest absolute Gasteiger partial charge is 0.0417 e. The fourth-order valence-electron chi connectivity index (χ4n) is 2.19. The first kappa shape index (κ1) is 10.2. The van der Waals surface area contributed by atoms with Gasteiger partial charge in [-0.05, 0) is 44.9 Å². The third-order valence-electron chi connectivity index (χ3n) is 3.09. The van der Waals surface area contributed by atoms with E-state index in [-0.39, 0.29) is 5.54 Å². The number of hydrogen-bond acceptors (Lipinski definition) is 1. The lowest BCUT2D eigenvalue weighted by Crippen LogP contribution is -2.33. The molecule has 14 heavy (non-hydrogen) atoms. The molecule has 0 spiro atoms. The summed E-state index contributed by atoms with van der Waals surface area (Å²) in [7, 11) is 0. The Labute approximate surface area is 94.0 Å². The van der Waals surface area contributed by atoms with Crippen molar-refractivity contribution in [3.8, 4) is 0 Å². The summed E-state index contributed by atoms with van der Waals surface area (Å²) in [5.41, 5.74) is 2.90. The van der Waals surface area contributed by atoms with Crippen LogP contribution in [0.4, 0.5) is 0 Å². The van der Waals surface area contributed by atoms with Crippen LogP contribution >= 0.6 is 15.9 Å². The van der Waals surface area contributed by atoms with Gasteiger partial charge in [0.15, 0.2) is 0 Å². The molecule has 0 amide bonds. The summed E-state index contributed by atoms with van der Waals surface area (Å²) in [4.78, 5) is 0. The molecule has 0 saturated carbocycles. The monoisotopic (exact) mass is 253 g/mol. The minimum absolute atomic E-state index is 0.171. The van der Waals surface area contributed by atoms with Crippen LogP contribution in [-0.4, -0.2) is 6.54 Å². The highest BCUT2D eigenvalue weighted by Gasteiger charge is 2.31. The number of rotatable bonds is 1. The fourth-order valence-corrected chi connectivity index (χ4v) is 2.87. The van der Waals surface area contributed by atoms with E-state index in [9.17, 15) is 0 Å². The number of nitrogens with one attached hydrogen (secondary N) is 1. The van der Waals surface area contributed by atoms with Crippen LogP contribution in [0.5, 0.6) is 0 Å². The fraction of sp³-hybridized carbons (Fsp3) is 0.500. The lowest BCUT2D eigenvalue weighted by molar-refractivity contribution is 0.432. The van der Waals surface area contributed by atoms with Crippen LogP contribution in [0.15, 0.2) is 22.7 Å². The minimum atomic E-state index is 0.171. The lowest BCUT2D eigenvalue weighted by Gasteiger charge is -2.26. The average Bonchev–Trinajstić information content (AvgIpc) is 2.58. The van der Waals surface area contributed by atoms with Gasteiger partial charge in [0.25, 0.3) is 0 Å². The van der Waals surface area contributed by atoms with E-state index in [1.165, 1.54) is 28.4 Å². The van der Waals surface area contributed by atoms with E-state index in [1.54, 1.807) is 0 Å². The second-order valence-corrected chi connectivity index (χ2v) is 5.20. The Kier molecular flexibility index (Phi) is 2.67. The molecule has 1 fully saturated rings. The summed E-state index contributed by atoms with van der Waals surface area (Å²) in [5, 5.41) is 3.59. The number of hydrogen-bond donors (Lipinski definition) is 1. The molecule has 1 unspecified atom stereocenters. The van der Waals surface area contributed by atoms with Crippen molar-refractivity contribution in [3.05, 3.63) is 33.8 Å². The van der Waals surface area contributed by atoms with Crippen LogP contribution in [0.25, 0.3) is 0 Å². The van der Waals surface area contributed by atoms with E-state index in [0.717, 1.165) is 6.54 Å². The number of benzene rings is 1. The van der Waals surface area contributed by atoms with Crippen LogP contribution < -0.4 is 5.32 Å². The van der Waals surface area contributed by atoms with E-state index in [4.69, 9.17) is 0 Å². The molecule has 1 aromatic carbocycles. The quantitative estimate of drug-likeness (QED) is 0.810. The van der Waals surface area contributed by atoms with Crippen LogP contribution in [-0.2, 0) is 5.54 Å². The largest absolute Gasteiger partial charge is 0.308 e. The molecule has 1 N–H and O–H groups in total. The van der Waals surface area contributed by atoms with Gasteiger partial charge in [0.2, 0.25) is 0 Å². The molecule has 0 radical (unpaired) electrons. The van der Waals surface area contributed by atoms with Crippen LogP contribution in [0.2, 0.25) is 0 Å². The van der Waals surface area contributed by atoms with Gasteiger partial charge in [-0.3, -0.25) is 0 Å². The molecule has 1 aliphatic heterocycles. The number of aryl methyl sites for hydroxylation is 1. The molecule has 1 aromatic rings. The maximum absolute atomic E-state index is 3.64. The van der Waals surface area contributed by atoms with Gasteiger partial charge in [0.1, 0.15) is 0 Å². The van der Waals surface area contributed by atoms with Crippen molar-refractivity contribution in [1.29, 1.82) is 0 Å². The van der Waals surface area contributed by atoms with E-state index in [0.29, 0.717) is 0 Å². The first-order chi connectivity index (χ1) is 6.62. The third-order valence-corrected chi connectivity index (χ3v) is 3.78. The zero-order chi connectivity index (χ0) is 10.2. The average molecular weight is 254 g/mol. The van der Waals surface area contributed by atoms with Gasteiger partial charge in [-0.25, -0.2) is 0 Å². The van der Waals surface area contributed by atoms with E-state index in [2.05, 4.69) is 53.3 Å². The highest BCUT2D eigenvalue weighted by atomic mass is 79.9. The normalized spacial score (nSPS) is 26.8. The van der Waals surface area contributed by atoms with E-state index >= 15 is 0 Å². The second kappa shape index (κ2) is 3.67. The molecule has 2 heteroatoms. The molecule has 0 aliphatic carbocycles. The van der Waals surface area contributed by atoms with Gasteiger partial charge in [0.05, 0.1) is 0 Å².